The number of carbonyl (C=O) groups excluding carboxylic acids is 2. The number of hydrogen-bond donors (Lipinski definition) is 2. The van der Waals surface area contributed by atoms with Crippen LogP contribution in [0.5, 0.6) is 23.0 Å². The molecule has 0 saturated heterocycles. The van der Waals surface area contributed by atoms with Gasteiger partial charge in [0.25, 0.3) is 5.91 Å². The van der Waals surface area contributed by atoms with Gasteiger partial charge in [0.2, 0.25) is 0 Å². The first kappa shape index (κ1) is 18.4. The molecule has 0 spiro atoms. The van der Waals surface area contributed by atoms with Gasteiger partial charge in [0, 0.05) is 0 Å². The van der Waals surface area contributed by atoms with Crippen molar-refractivity contribution in [2.24, 2.45) is 0 Å². The van der Waals surface area contributed by atoms with Crippen molar-refractivity contribution in [2.45, 2.75) is 6.10 Å². The van der Waals surface area contributed by atoms with E-state index in [2.05, 4.69) is 5.32 Å². The minimum atomic E-state index is -0.826. The molecule has 142 valence electrons. The quantitative estimate of drug-likeness (QED) is 0.740. The fourth-order valence-corrected chi connectivity index (χ4v) is 2.46. The van der Waals surface area contributed by atoms with Crippen LogP contribution in [0.4, 0.5) is 0 Å². The number of amides is 1. The van der Waals surface area contributed by atoms with E-state index in [1.165, 1.54) is 25.3 Å². The molecule has 0 unspecified atom stereocenters. The lowest BCUT2D eigenvalue weighted by molar-refractivity contribution is -0.124. The number of methoxy groups -OCH3 is 1. The zero-order valence-corrected chi connectivity index (χ0v) is 14.6. The SMILES string of the molecule is COc1ccc(O)c(C(=O)OCC(=O)NC[C@@H]2COc3ccccc3O2)c1. The van der Waals surface area contributed by atoms with Crippen molar-refractivity contribution in [1.29, 1.82) is 0 Å². The van der Waals surface area contributed by atoms with Gasteiger partial charge in [0.05, 0.1) is 13.7 Å². The molecule has 0 bridgehead atoms. The maximum absolute atomic E-state index is 12.0. The van der Waals surface area contributed by atoms with E-state index in [9.17, 15) is 14.7 Å². The summed E-state index contributed by atoms with van der Waals surface area (Å²) in [5.41, 5.74) is -0.0808. The fraction of sp³-hybridized carbons (Fsp3) is 0.263. The number of ether oxygens (including phenoxy) is 4. The molecule has 3 rings (SSSR count). The normalized spacial score (nSPS) is 14.9. The zero-order chi connectivity index (χ0) is 19.2. The maximum Gasteiger partial charge on any atom is 0.342 e. The number of esters is 1. The lowest BCUT2D eigenvalue weighted by atomic mass is 10.2. The second-order valence-electron chi connectivity index (χ2n) is 5.76. The van der Waals surface area contributed by atoms with Crippen LogP contribution in [0, 0.1) is 0 Å². The molecule has 1 atom stereocenters. The highest BCUT2D eigenvalue weighted by atomic mass is 16.6. The van der Waals surface area contributed by atoms with Crippen molar-refractivity contribution >= 4 is 11.9 Å². The third-order valence-corrected chi connectivity index (χ3v) is 3.85. The number of benzene rings is 2. The third kappa shape index (κ3) is 4.60. The highest BCUT2D eigenvalue weighted by Gasteiger charge is 2.21. The number of hydrogen-bond acceptors (Lipinski definition) is 7. The molecule has 0 aliphatic carbocycles. The van der Waals surface area contributed by atoms with Crippen molar-refractivity contribution < 1.29 is 33.6 Å². The fourth-order valence-electron chi connectivity index (χ4n) is 2.46. The van der Waals surface area contributed by atoms with Gasteiger partial charge in [-0.3, -0.25) is 4.79 Å². The van der Waals surface area contributed by atoms with Crippen molar-refractivity contribution in [1.82, 2.24) is 5.32 Å². The lowest BCUT2D eigenvalue weighted by Crippen LogP contribution is -2.42. The van der Waals surface area contributed by atoms with Crippen LogP contribution in [0.2, 0.25) is 0 Å². The average Bonchev–Trinajstić information content (AvgIpc) is 2.70. The van der Waals surface area contributed by atoms with Crippen molar-refractivity contribution in [3.8, 4) is 23.0 Å². The molecule has 2 aromatic carbocycles. The van der Waals surface area contributed by atoms with E-state index in [1.807, 2.05) is 12.1 Å². The first-order valence-corrected chi connectivity index (χ1v) is 8.26. The standard InChI is InChI=1S/C19H19NO7/c1-24-12-6-7-15(21)14(8-12)19(23)26-11-18(22)20-9-13-10-25-16-4-2-3-5-17(16)27-13/h2-8,13,21H,9-11H2,1H3,(H,20,22)/t13-/m1/s1. The van der Waals surface area contributed by atoms with Crippen molar-refractivity contribution in [3.05, 3.63) is 48.0 Å². The van der Waals surface area contributed by atoms with Gasteiger partial charge in [-0.1, -0.05) is 12.1 Å². The number of para-hydroxylation sites is 2. The number of phenolic OH excluding ortho intramolecular Hbond substituents is 1. The van der Waals surface area contributed by atoms with E-state index < -0.39 is 18.5 Å². The Labute approximate surface area is 155 Å². The van der Waals surface area contributed by atoms with Crippen LogP contribution in [0.15, 0.2) is 42.5 Å². The van der Waals surface area contributed by atoms with Crippen LogP contribution >= 0.6 is 0 Å². The predicted molar refractivity (Wildman–Crippen MR) is 94.3 cm³/mol. The third-order valence-electron chi connectivity index (χ3n) is 3.85. The highest BCUT2D eigenvalue weighted by molar-refractivity contribution is 5.94. The van der Waals surface area contributed by atoms with Crippen LogP contribution in [-0.4, -0.2) is 50.0 Å². The van der Waals surface area contributed by atoms with Crippen molar-refractivity contribution in [2.75, 3.05) is 26.9 Å². The van der Waals surface area contributed by atoms with Gasteiger partial charge in [0.15, 0.2) is 18.1 Å². The number of nitrogens with one attached hydrogen (secondary N) is 1. The Morgan fingerprint density at radius 2 is 2.00 bits per heavy atom. The second kappa shape index (κ2) is 8.31. The minimum absolute atomic E-state index is 0.0808. The molecule has 0 radical (unpaired) electrons. The number of fused-ring (bicyclic) bond motifs is 1. The Balaban J connectivity index is 1.46. The Bertz CT molecular complexity index is 837. The molecule has 1 heterocycles. The summed E-state index contributed by atoms with van der Waals surface area (Å²) in [4.78, 5) is 23.9. The summed E-state index contributed by atoms with van der Waals surface area (Å²) in [7, 11) is 1.43. The van der Waals surface area contributed by atoms with E-state index in [1.54, 1.807) is 12.1 Å². The first-order chi connectivity index (χ1) is 13.1. The molecule has 2 aromatic rings. The van der Waals surface area contributed by atoms with Crippen LogP contribution in [-0.2, 0) is 9.53 Å². The van der Waals surface area contributed by atoms with Gasteiger partial charge in [-0.05, 0) is 30.3 Å². The van der Waals surface area contributed by atoms with E-state index in [4.69, 9.17) is 18.9 Å². The number of phenols is 1. The summed E-state index contributed by atoms with van der Waals surface area (Å²) >= 11 is 0. The summed E-state index contributed by atoms with van der Waals surface area (Å²) in [6, 6.07) is 11.4. The van der Waals surface area contributed by atoms with E-state index in [0.717, 1.165) is 0 Å². The van der Waals surface area contributed by atoms with Gasteiger partial charge < -0.3 is 29.4 Å². The Hall–Kier alpha value is -3.42. The summed E-state index contributed by atoms with van der Waals surface area (Å²) < 4.78 is 21.2. The molecule has 1 amide bonds. The Morgan fingerprint density at radius 1 is 1.22 bits per heavy atom. The average molecular weight is 373 g/mol. The van der Waals surface area contributed by atoms with Gasteiger partial charge in [0.1, 0.15) is 29.8 Å². The molecule has 8 nitrogen and oxygen atoms in total. The van der Waals surface area contributed by atoms with Crippen LogP contribution < -0.4 is 19.5 Å². The molecule has 2 N–H and O–H groups in total. The van der Waals surface area contributed by atoms with E-state index >= 15 is 0 Å². The molecular formula is C19H19NO7. The topological polar surface area (TPSA) is 103 Å². The predicted octanol–water partition coefficient (Wildman–Crippen LogP) is 1.51. The Kier molecular flexibility index (Phi) is 5.65. The number of aromatic hydroxyl groups is 1. The summed E-state index contributed by atoms with van der Waals surface area (Å²) in [5.74, 6) is 0.0857. The summed E-state index contributed by atoms with van der Waals surface area (Å²) in [6.07, 6.45) is -0.345. The smallest absolute Gasteiger partial charge is 0.342 e. The van der Waals surface area contributed by atoms with Gasteiger partial charge >= 0.3 is 5.97 Å². The number of carbonyl (C=O) groups is 2. The maximum atomic E-state index is 12.0. The molecule has 0 aromatic heterocycles. The largest absolute Gasteiger partial charge is 0.507 e. The highest BCUT2D eigenvalue weighted by Crippen LogP contribution is 2.30. The molecular weight excluding hydrogens is 354 g/mol. The van der Waals surface area contributed by atoms with Crippen molar-refractivity contribution in [3.63, 3.8) is 0 Å². The molecule has 8 heteroatoms. The lowest BCUT2D eigenvalue weighted by Gasteiger charge is -2.26. The Morgan fingerprint density at radius 3 is 2.78 bits per heavy atom. The summed E-state index contributed by atoms with van der Waals surface area (Å²) in [5, 5.41) is 12.4. The van der Waals surface area contributed by atoms with Crippen LogP contribution in [0.1, 0.15) is 10.4 Å². The molecule has 0 fully saturated rings. The number of rotatable bonds is 6. The van der Waals surface area contributed by atoms with E-state index in [-0.39, 0.29) is 24.0 Å². The first-order valence-electron chi connectivity index (χ1n) is 8.26. The molecule has 1 aliphatic heterocycles. The van der Waals surface area contributed by atoms with Crippen LogP contribution in [0.3, 0.4) is 0 Å². The van der Waals surface area contributed by atoms with Gasteiger partial charge in [-0.2, -0.15) is 0 Å². The summed E-state index contributed by atoms with van der Waals surface area (Å²) in [6.45, 7) is 0.0174. The van der Waals surface area contributed by atoms with E-state index in [0.29, 0.717) is 23.9 Å². The molecule has 27 heavy (non-hydrogen) atoms. The van der Waals surface area contributed by atoms with Crippen LogP contribution in [0.25, 0.3) is 0 Å². The zero-order valence-electron chi connectivity index (χ0n) is 14.6. The minimum Gasteiger partial charge on any atom is -0.507 e. The van der Waals surface area contributed by atoms with Gasteiger partial charge in [-0.15, -0.1) is 0 Å². The second-order valence-corrected chi connectivity index (χ2v) is 5.76. The van der Waals surface area contributed by atoms with Gasteiger partial charge in [-0.25, -0.2) is 4.79 Å². The monoisotopic (exact) mass is 373 g/mol. The molecule has 0 saturated carbocycles. The molecule has 1 aliphatic rings.